The van der Waals surface area contributed by atoms with Gasteiger partial charge in [-0.15, -0.1) is 10.2 Å². The summed E-state index contributed by atoms with van der Waals surface area (Å²) in [5.41, 5.74) is 7.28. The van der Waals surface area contributed by atoms with Gasteiger partial charge >= 0.3 is 5.97 Å². The first kappa shape index (κ1) is 16.7. The number of fused-ring (bicyclic) bond motifs is 1. The van der Waals surface area contributed by atoms with E-state index in [0.717, 1.165) is 14.5 Å². The molecule has 3 rings (SSSR count). The molecule has 23 heavy (non-hydrogen) atoms. The number of benzene rings is 1. The molecule has 0 bridgehead atoms. The lowest BCUT2D eigenvalue weighted by Gasteiger charge is -2.15. The highest BCUT2D eigenvalue weighted by molar-refractivity contribution is 14.1. The number of nitrogens with two attached hydrogens (primary N) is 1. The third kappa shape index (κ3) is 3.11. The Morgan fingerprint density at radius 2 is 2.13 bits per heavy atom. The van der Waals surface area contributed by atoms with E-state index in [-0.39, 0.29) is 12.2 Å². The highest BCUT2D eigenvalue weighted by Gasteiger charge is 2.41. The topological polar surface area (TPSA) is 89.9 Å². The van der Waals surface area contributed by atoms with Crippen LogP contribution in [0.2, 0.25) is 0 Å². The van der Waals surface area contributed by atoms with E-state index >= 15 is 0 Å². The number of alkyl halides is 1. The number of hydrogen-bond donors (Lipinski definition) is 1. The van der Waals surface area contributed by atoms with E-state index in [9.17, 15) is 4.79 Å². The van der Waals surface area contributed by atoms with Crippen LogP contribution in [0.3, 0.4) is 0 Å². The van der Waals surface area contributed by atoms with Crippen molar-refractivity contribution in [3.63, 3.8) is 0 Å². The van der Waals surface area contributed by atoms with E-state index in [1.54, 1.807) is 6.92 Å². The van der Waals surface area contributed by atoms with Crippen LogP contribution in [-0.2, 0) is 9.53 Å². The van der Waals surface area contributed by atoms with E-state index in [4.69, 9.17) is 10.5 Å². The maximum Gasteiger partial charge on any atom is 0.341 e. The van der Waals surface area contributed by atoms with Gasteiger partial charge in [-0.25, -0.2) is 9.78 Å². The van der Waals surface area contributed by atoms with Crippen molar-refractivity contribution < 1.29 is 9.53 Å². The molecule has 8 heteroatoms. The molecule has 2 aromatic rings. The normalized spacial score (nSPS) is 20.3. The Balaban J connectivity index is 2.29. The molecule has 1 aromatic carbocycles. The molecule has 6 nitrogen and oxygen atoms in total. The van der Waals surface area contributed by atoms with E-state index in [1.165, 1.54) is 0 Å². The number of carbonyl (C=O) groups excluding carboxylic acids is 1. The van der Waals surface area contributed by atoms with Gasteiger partial charge in [0.2, 0.25) is 3.67 Å². The summed E-state index contributed by atoms with van der Waals surface area (Å²) >= 11 is 4.02. The molecule has 2 N–H and O–H groups in total. The Hall–Kier alpha value is -1.14. The second-order valence-corrected chi connectivity index (χ2v) is 7.58. The lowest BCUT2D eigenvalue weighted by molar-refractivity contribution is -0.138. The Morgan fingerprint density at radius 3 is 2.87 bits per heavy atom. The summed E-state index contributed by atoms with van der Waals surface area (Å²) in [6, 6.07) is 9.75. The number of carbonyl (C=O) groups is 1. The van der Waals surface area contributed by atoms with E-state index in [2.05, 4.69) is 37.8 Å². The molecule has 1 aromatic heterocycles. The first-order valence-electron chi connectivity index (χ1n) is 6.82. The van der Waals surface area contributed by atoms with Gasteiger partial charge in [0.1, 0.15) is 20.7 Å². The number of nitrogens with zero attached hydrogens (tertiary/aromatic N) is 3. The predicted molar refractivity (Wildman–Crippen MR) is 104 cm³/mol. The summed E-state index contributed by atoms with van der Waals surface area (Å²) in [4.78, 5) is 16.9. The lowest BCUT2D eigenvalue weighted by atomic mass is 10.0. The third-order valence-electron chi connectivity index (χ3n) is 3.30. The number of hydrogen-bond acceptors (Lipinski definition) is 6. The zero-order valence-corrected chi connectivity index (χ0v) is 16.4. The van der Waals surface area contributed by atoms with Gasteiger partial charge in [0.25, 0.3) is 0 Å². The SMILES string of the molecule is CCOC(=O)C1=C(c2nc(I)cc3ccccc23)N=NC1(N)I. The van der Waals surface area contributed by atoms with Crippen LogP contribution in [0.25, 0.3) is 16.5 Å². The third-order valence-corrected chi connectivity index (χ3v) is 4.60. The fourth-order valence-electron chi connectivity index (χ4n) is 2.34. The van der Waals surface area contributed by atoms with Crippen LogP contribution in [0, 0.1) is 3.70 Å². The van der Waals surface area contributed by atoms with Gasteiger partial charge in [0.05, 0.1) is 6.61 Å². The van der Waals surface area contributed by atoms with Crippen LogP contribution < -0.4 is 5.73 Å². The van der Waals surface area contributed by atoms with Gasteiger partial charge in [-0.2, -0.15) is 0 Å². The van der Waals surface area contributed by atoms with E-state index in [0.29, 0.717) is 11.4 Å². The largest absolute Gasteiger partial charge is 0.462 e. The molecular formula is C15H12I2N4O2. The van der Waals surface area contributed by atoms with Crippen molar-refractivity contribution in [2.24, 2.45) is 16.0 Å². The number of rotatable bonds is 3. The lowest BCUT2D eigenvalue weighted by Crippen LogP contribution is -2.35. The second kappa shape index (κ2) is 6.40. The summed E-state index contributed by atoms with van der Waals surface area (Å²) < 4.78 is 4.67. The van der Waals surface area contributed by atoms with Crippen molar-refractivity contribution in [2.75, 3.05) is 6.61 Å². The van der Waals surface area contributed by atoms with Gasteiger partial charge in [-0.3, -0.25) is 5.73 Å². The van der Waals surface area contributed by atoms with Crippen LogP contribution in [0.15, 0.2) is 46.1 Å². The first-order chi connectivity index (χ1) is 10.9. The molecule has 0 fully saturated rings. The molecule has 0 radical (unpaired) electrons. The molecule has 2 heterocycles. The molecule has 1 unspecified atom stereocenters. The van der Waals surface area contributed by atoms with Crippen LogP contribution >= 0.6 is 45.2 Å². The Kier molecular flexibility index (Phi) is 4.65. The minimum atomic E-state index is -1.25. The maximum absolute atomic E-state index is 12.4. The molecular weight excluding hydrogens is 522 g/mol. The fraction of sp³-hybridized carbons (Fsp3) is 0.200. The highest BCUT2D eigenvalue weighted by atomic mass is 127. The van der Waals surface area contributed by atoms with Crippen molar-refractivity contribution >= 4 is 67.6 Å². The molecule has 0 amide bonds. The van der Waals surface area contributed by atoms with Crippen molar-refractivity contribution in [3.8, 4) is 0 Å². The number of azo groups is 1. The van der Waals surface area contributed by atoms with Crippen molar-refractivity contribution in [2.45, 2.75) is 10.6 Å². The number of halogens is 2. The zero-order valence-electron chi connectivity index (χ0n) is 12.1. The van der Waals surface area contributed by atoms with Crippen LogP contribution in [-0.4, -0.2) is 21.2 Å². The number of aromatic nitrogens is 1. The Labute approximate surface area is 159 Å². The first-order valence-corrected chi connectivity index (χ1v) is 8.98. The van der Waals surface area contributed by atoms with Gasteiger partial charge in [-0.05, 0) is 63.6 Å². The molecule has 0 saturated heterocycles. The summed E-state index contributed by atoms with van der Waals surface area (Å²) in [7, 11) is 0. The van der Waals surface area contributed by atoms with Gasteiger partial charge in [0, 0.05) is 5.39 Å². The summed E-state index contributed by atoms with van der Waals surface area (Å²) in [6.45, 7) is 1.99. The number of pyridine rings is 1. The molecule has 118 valence electrons. The average molecular weight is 534 g/mol. The average Bonchev–Trinajstić information content (AvgIpc) is 2.82. The minimum absolute atomic E-state index is 0.222. The maximum atomic E-state index is 12.4. The van der Waals surface area contributed by atoms with Gasteiger partial charge in [-0.1, -0.05) is 24.3 Å². The van der Waals surface area contributed by atoms with Crippen molar-refractivity contribution in [1.82, 2.24) is 4.98 Å². The van der Waals surface area contributed by atoms with E-state index in [1.807, 2.05) is 52.9 Å². The fourth-order valence-corrected chi connectivity index (χ4v) is 3.50. The summed E-state index contributed by atoms with van der Waals surface area (Å²) in [5.74, 6) is -0.519. The Morgan fingerprint density at radius 1 is 1.39 bits per heavy atom. The van der Waals surface area contributed by atoms with Crippen molar-refractivity contribution in [3.05, 3.63) is 45.3 Å². The molecule has 1 atom stereocenters. The van der Waals surface area contributed by atoms with Crippen LogP contribution in [0.1, 0.15) is 12.6 Å². The number of ether oxygens (including phenoxy) is 1. The number of esters is 1. The molecule has 0 saturated carbocycles. The summed E-state index contributed by atoms with van der Waals surface area (Å²) in [5, 5.41) is 10.1. The van der Waals surface area contributed by atoms with E-state index < -0.39 is 9.64 Å². The van der Waals surface area contributed by atoms with Gasteiger partial charge < -0.3 is 4.74 Å². The van der Waals surface area contributed by atoms with Crippen molar-refractivity contribution in [1.29, 1.82) is 0 Å². The molecule has 1 aliphatic rings. The molecule has 0 aliphatic carbocycles. The Bertz CT molecular complexity index is 862. The van der Waals surface area contributed by atoms with Gasteiger partial charge in [0.15, 0.2) is 0 Å². The molecule has 1 aliphatic heterocycles. The predicted octanol–water partition coefficient (Wildman–Crippen LogP) is 3.63. The zero-order chi connectivity index (χ0) is 16.6. The molecule has 0 spiro atoms. The second-order valence-electron chi connectivity index (χ2n) is 4.83. The standard InChI is InChI=1S/C15H12I2N4O2/c1-2-23-14(22)11-13(20-21-15(11,17)18)12-9-6-4-3-5-8(9)7-10(16)19-12/h3-7H,2,18H2,1H3. The minimum Gasteiger partial charge on any atom is -0.462 e. The highest BCUT2D eigenvalue weighted by Crippen LogP contribution is 2.40. The smallest absolute Gasteiger partial charge is 0.341 e. The monoisotopic (exact) mass is 534 g/mol. The van der Waals surface area contributed by atoms with Crippen LogP contribution in [0.5, 0.6) is 0 Å². The summed E-state index contributed by atoms with van der Waals surface area (Å²) in [6.07, 6.45) is 0. The quantitative estimate of drug-likeness (QED) is 0.214. The van der Waals surface area contributed by atoms with Crippen LogP contribution in [0.4, 0.5) is 0 Å².